The number of hydrogen-bond donors (Lipinski definition) is 2. The standard InChI is InChI=1S/C8H9N7O3/c1-14-5(2-3-7(14)15(17)18)8(16)9-4-6-10-12-13-11-6/h2-3H,4H2,1H3,(H,9,16)(H,10,11,12,13). The lowest BCUT2D eigenvalue weighted by Crippen LogP contribution is -2.25. The van der Waals surface area contributed by atoms with E-state index in [4.69, 9.17) is 0 Å². The molecule has 0 atom stereocenters. The third-order valence-corrected chi connectivity index (χ3v) is 2.31. The third-order valence-electron chi connectivity index (χ3n) is 2.31. The average molecular weight is 251 g/mol. The number of aromatic amines is 1. The van der Waals surface area contributed by atoms with Crippen molar-refractivity contribution in [3.8, 4) is 0 Å². The molecule has 0 unspecified atom stereocenters. The number of aromatic nitrogens is 5. The molecule has 0 aliphatic heterocycles. The highest BCUT2D eigenvalue weighted by atomic mass is 16.6. The van der Waals surface area contributed by atoms with Gasteiger partial charge in [0.25, 0.3) is 5.91 Å². The molecule has 10 nitrogen and oxygen atoms in total. The number of nitro groups is 1. The van der Waals surface area contributed by atoms with Gasteiger partial charge in [-0.2, -0.15) is 5.21 Å². The first kappa shape index (κ1) is 11.7. The van der Waals surface area contributed by atoms with Gasteiger partial charge in [0.2, 0.25) is 0 Å². The minimum atomic E-state index is -0.560. The Morgan fingerprint density at radius 2 is 2.39 bits per heavy atom. The predicted octanol–water partition coefficient (Wildman–Crippen LogP) is -0.624. The van der Waals surface area contributed by atoms with Crippen molar-refractivity contribution in [1.29, 1.82) is 0 Å². The second-order valence-electron chi connectivity index (χ2n) is 3.40. The molecule has 0 aliphatic rings. The fourth-order valence-electron chi connectivity index (χ4n) is 1.42. The Kier molecular flexibility index (Phi) is 3.00. The molecular formula is C8H9N7O3. The van der Waals surface area contributed by atoms with Gasteiger partial charge in [0.1, 0.15) is 0 Å². The van der Waals surface area contributed by atoms with Crippen LogP contribution < -0.4 is 5.32 Å². The van der Waals surface area contributed by atoms with Gasteiger partial charge in [0, 0.05) is 6.07 Å². The van der Waals surface area contributed by atoms with Gasteiger partial charge in [-0.05, 0) is 11.0 Å². The Balaban J connectivity index is 2.07. The van der Waals surface area contributed by atoms with Crippen molar-refractivity contribution in [3.63, 3.8) is 0 Å². The van der Waals surface area contributed by atoms with E-state index in [2.05, 4.69) is 25.9 Å². The molecule has 0 aromatic carbocycles. The van der Waals surface area contributed by atoms with E-state index in [1.54, 1.807) is 0 Å². The van der Waals surface area contributed by atoms with E-state index in [1.165, 1.54) is 23.7 Å². The van der Waals surface area contributed by atoms with Crippen LogP contribution in [0.4, 0.5) is 5.82 Å². The van der Waals surface area contributed by atoms with E-state index in [0.717, 1.165) is 0 Å². The van der Waals surface area contributed by atoms with Crippen LogP contribution >= 0.6 is 0 Å². The second-order valence-corrected chi connectivity index (χ2v) is 3.40. The monoisotopic (exact) mass is 251 g/mol. The Bertz CT molecular complexity index is 574. The smallest absolute Gasteiger partial charge is 0.323 e. The van der Waals surface area contributed by atoms with Crippen molar-refractivity contribution in [1.82, 2.24) is 30.5 Å². The van der Waals surface area contributed by atoms with Crippen LogP contribution in [0.3, 0.4) is 0 Å². The molecule has 2 heterocycles. The van der Waals surface area contributed by atoms with E-state index in [0.29, 0.717) is 5.82 Å². The van der Waals surface area contributed by atoms with E-state index in [1.807, 2.05) is 0 Å². The molecule has 10 heteroatoms. The van der Waals surface area contributed by atoms with Gasteiger partial charge in [-0.25, -0.2) is 4.57 Å². The number of hydrogen-bond acceptors (Lipinski definition) is 6. The Morgan fingerprint density at radius 1 is 1.61 bits per heavy atom. The van der Waals surface area contributed by atoms with Crippen LogP contribution in [0.15, 0.2) is 12.1 Å². The summed E-state index contributed by atoms with van der Waals surface area (Å²) in [6.45, 7) is 0.0916. The average Bonchev–Trinajstić information content (AvgIpc) is 2.94. The molecule has 0 radical (unpaired) electrons. The van der Waals surface area contributed by atoms with Crippen molar-refractivity contribution >= 4 is 11.7 Å². The van der Waals surface area contributed by atoms with Crippen molar-refractivity contribution in [2.24, 2.45) is 7.05 Å². The normalized spacial score (nSPS) is 10.3. The lowest BCUT2D eigenvalue weighted by atomic mass is 10.4. The quantitative estimate of drug-likeness (QED) is 0.549. The molecule has 0 spiro atoms. The Hall–Kier alpha value is -2.78. The topological polar surface area (TPSA) is 132 Å². The highest BCUT2D eigenvalue weighted by Gasteiger charge is 2.20. The molecule has 2 rings (SSSR count). The lowest BCUT2D eigenvalue weighted by molar-refractivity contribution is -0.391. The summed E-state index contributed by atoms with van der Waals surface area (Å²) in [5.74, 6) is -0.276. The lowest BCUT2D eigenvalue weighted by Gasteiger charge is -2.01. The van der Waals surface area contributed by atoms with Crippen LogP contribution in [0.25, 0.3) is 0 Å². The summed E-state index contributed by atoms with van der Waals surface area (Å²) in [5, 5.41) is 26.1. The van der Waals surface area contributed by atoms with Crippen LogP contribution in [0, 0.1) is 10.1 Å². The molecule has 0 aliphatic carbocycles. The van der Waals surface area contributed by atoms with Crippen molar-refractivity contribution in [2.45, 2.75) is 6.54 Å². The Labute approximate surface area is 100 Å². The zero-order valence-corrected chi connectivity index (χ0v) is 9.32. The molecule has 0 fully saturated rings. The summed E-state index contributed by atoms with van der Waals surface area (Å²) in [6, 6.07) is 2.65. The number of rotatable bonds is 4. The number of amides is 1. The van der Waals surface area contributed by atoms with E-state index in [9.17, 15) is 14.9 Å². The zero-order valence-electron chi connectivity index (χ0n) is 9.32. The minimum Gasteiger partial charge on any atom is -0.358 e. The van der Waals surface area contributed by atoms with Gasteiger partial charge < -0.3 is 15.4 Å². The number of carbonyl (C=O) groups excluding carboxylic acids is 1. The second kappa shape index (κ2) is 4.61. The summed E-state index contributed by atoms with van der Waals surface area (Å²) < 4.78 is 1.20. The molecule has 0 saturated carbocycles. The fraction of sp³-hybridized carbons (Fsp3) is 0.250. The summed E-state index contributed by atoms with van der Waals surface area (Å²) in [5.41, 5.74) is 0.185. The maximum absolute atomic E-state index is 11.8. The zero-order chi connectivity index (χ0) is 13.1. The van der Waals surface area contributed by atoms with E-state index in [-0.39, 0.29) is 18.1 Å². The van der Waals surface area contributed by atoms with Gasteiger partial charge in [0.15, 0.2) is 11.5 Å². The number of nitrogens with one attached hydrogen (secondary N) is 2. The van der Waals surface area contributed by atoms with Crippen molar-refractivity contribution in [2.75, 3.05) is 0 Å². The SMILES string of the molecule is Cn1c(C(=O)NCc2nn[nH]n2)ccc1[N+](=O)[O-]. The van der Waals surface area contributed by atoms with Gasteiger partial charge in [-0.3, -0.25) is 4.79 Å². The van der Waals surface area contributed by atoms with Crippen molar-refractivity contribution in [3.05, 3.63) is 33.8 Å². The molecule has 2 N–H and O–H groups in total. The molecular weight excluding hydrogens is 242 g/mol. The molecule has 2 aromatic heterocycles. The van der Waals surface area contributed by atoms with Gasteiger partial charge in [0.05, 0.1) is 13.6 Å². The highest BCUT2D eigenvalue weighted by Crippen LogP contribution is 2.14. The number of H-pyrrole nitrogens is 1. The summed E-state index contributed by atoms with van der Waals surface area (Å²) in [7, 11) is 1.45. The molecule has 0 bridgehead atoms. The maximum atomic E-state index is 11.8. The molecule has 1 amide bonds. The molecule has 94 valence electrons. The van der Waals surface area contributed by atoms with E-state index < -0.39 is 10.8 Å². The van der Waals surface area contributed by atoms with Gasteiger partial charge >= 0.3 is 5.82 Å². The number of carbonyl (C=O) groups is 1. The molecule has 18 heavy (non-hydrogen) atoms. The largest absolute Gasteiger partial charge is 0.358 e. The van der Waals surface area contributed by atoms with Gasteiger partial charge in [-0.1, -0.05) is 5.21 Å². The van der Waals surface area contributed by atoms with Crippen molar-refractivity contribution < 1.29 is 9.72 Å². The first-order valence-electron chi connectivity index (χ1n) is 4.90. The molecule has 0 saturated heterocycles. The number of nitrogens with zero attached hydrogens (tertiary/aromatic N) is 5. The first-order valence-corrected chi connectivity index (χ1v) is 4.90. The van der Waals surface area contributed by atoms with Crippen LogP contribution in [-0.4, -0.2) is 36.0 Å². The predicted molar refractivity (Wildman–Crippen MR) is 57.4 cm³/mol. The maximum Gasteiger partial charge on any atom is 0.323 e. The molecule has 2 aromatic rings. The summed E-state index contributed by atoms with van der Waals surface area (Å²) in [4.78, 5) is 21.8. The summed E-state index contributed by atoms with van der Waals surface area (Å²) in [6.07, 6.45) is 0. The summed E-state index contributed by atoms with van der Waals surface area (Å²) >= 11 is 0. The third kappa shape index (κ3) is 2.16. The fourth-order valence-corrected chi connectivity index (χ4v) is 1.42. The minimum absolute atomic E-state index is 0.0916. The van der Waals surface area contributed by atoms with E-state index >= 15 is 0 Å². The van der Waals surface area contributed by atoms with Crippen LogP contribution in [0.1, 0.15) is 16.3 Å². The van der Waals surface area contributed by atoms with Crippen LogP contribution in [-0.2, 0) is 13.6 Å². The Morgan fingerprint density at radius 3 is 2.94 bits per heavy atom. The highest BCUT2D eigenvalue weighted by molar-refractivity contribution is 5.93. The first-order chi connectivity index (χ1) is 8.59. The number of tetrazole rings is 1. The van der Waals surface area contributed by atoms with Crippen LogP contribution in [0.5, 0.6) is 0 Å². The van der Waals surface area contributed by atoms with Gasteiger partial charge in [-0.15, -0.1) is 10.2 Å². The van der Waals surface area contributed by atoms with Crippen LogP contribution in [0.2, 0.25) is 0 Å².